The molecule has 7 nitrogen and oxygen atoms in total. The molecule has 0 spiro atoms. The Balaban J connectivity index is 1.63. The van der Waals surface area contributed by atoms with Gasteiger partial charge in [-0.25, -0.2) is 13.5 Å². The summed E-state index contributed by atoms with van der Waals surface area (Å²) in [6, 6.07) is 10.3. The van der Waals surface area contributed by atoms with Gasteiger partial charge >= 0.3 is 5.97 Å². The summed E-state index contributed by atoms with van der Waals surface area (Å²) in [5.41, 5.74) is 2.09. The normalized spacial score (nSPS) is 10.8. The van der Waals surface area contributed by atoms with Crippen molar-refractivity contribution >= 4 is 11.9 Å². The van der Waals surface area contributed by atoms with Crippen LogP contribution in [-0.4, -0.2) is 33.4 Å². The fraction of sp³-hybridized carbons (Fsp3) is 0.261. The van der Waals surface area contributed by atoms with Crippen molar-refractivity contribution in [2.24, 2.45) is 0 Å². The maximum absolute atomic E-state index is 14.2. The number of nitrogens with one attached hydrogen (secondary N) is 1. The maximum Gasteiger partial charge on any atom is 0.303 e. The topological polar surface area (TPSA) is 93.5 Å². The molecule has 0 aliphatic carbocycles. The third-order valence-electron chi connectivity index (χ3n) is 4.84. The fourth-order valence-corrected chi connectivity index (χ4v) is 3.25. The molecule has 2 N–H and O–H groups in total. The summed E-state index contributed by atoms with van der Waals surface area (Å²) < 4.78 is 34.1. The van der Waals surface area contributed by atoms with E-state index >= 15 is 0 Å². The molecule has 1 heterocycles. The highest BCUT2D eigenvalue weighted by Gasteiger charge is 2.21. The Hall–Kier alpha value is -3.75. The molecule has 1 aromatic heterocycles. The van der Waals surface area contributed by atoms with Crippen LogP contribution in [-0.2, 0) is 11.3 Å². The number of halogens is 2. The Bertz CT molecular complexity index is 1130. The predicted octanol–water partition coefficient (Wildman–Crippen LogP) is 3.94. The van der Waals surface area contributed by atoms with Crippen LogP contribution in [0.1, 0.15) is 40.2 Å². The first-order valence-electron chi connectivity index (χ1n) is 9.99. The lowest BCUT2D eigenvalue weighted by Gasteiger charge is -2.09. The Morgan fingerprint density at radius 1 is 1.12 bits per heavy atom. The Kier molecular flexibility index (Phi) is 7.19. The highest BCUT2D eigenvalue weighted by Crippen LogP contribution is 2.21. The molecule has 9 heteroatoms. The van der Waals surface area contributed by atoms with Gasteiger partial charge in [0.1, 0.15) is 17.3 Å². The van der Waals surface area contributed by atoms with Crippen molar-refractivity contribution in [2.45, 2.75) is 33.2 Å². The van der Waals surface area contributed by atoms with Crippen molar-refractivity contribution in [1.29, 1.82) is 0 Å². The summed E-state index contributed by atoms with van der Waals surface area (Å²) in [4.78, 5) is 23.3. The van der Waals surface area contributed by atoms with Crippen LogP contribution in [0.4, 0.5) is 8.78 Å². The van der Waals surface area contributed by atoms with Crippen LogP contribution in [0.15, 0.2) is 42.5 Å². The second-order valence-electron chi connectivity index (χ2n) is 7.23. The van der Waals surface area contributed by atoms with Gasteiger partial charge < -0.3 is 15.2 Å². The zero-order chi connectivity index (χ0) is 23.3. The molecular weight excluding hydrogens is 420 g/mol. The summed E-state index contributed by atoms with van der Waals surface area (Å²) >= 11 is 0. The molecule has 32 heavy (non-hydrogen) atoms. The molecule has 1 amide bonds. The number of ether oxygens (including phenoxy) is 1. The van der Waals surface area contributed by atoms with E-state index in [-0.39, 0.29) is 24.6 Å². The summed E-state index contributed by atoms with van der Waals surface area (Å²) in [6.07, 6.45) is 0.467. The molecule has 0 fully saturated rings. The summed E-state index contributed by atoms with van der Waals surface area (Å²) in [5, 5.41) is 15.7. The maximum atomic E-state index is 14.2. The number of nitrogens with zero attached hydrogens (tertiary/aromatic N) is 2. The van der Waals surface area contributed by atoms with Crippen molar-refractivity contribution in [3.63, 3.8) is 0 Å². The van der Waals surface area contributed by atoms with Crippen LogP contribution in [0, 0.1) is 25.5 Å². The van der Waals surface area contributed by atoms with E-state index in [9.17, 15) is 18.4 Å². The molecule has 2 aromatic carbocycles. The number of carbonyl (C=O) groups is 2. The first kappa shape index (κ1) is 22.9. The molecule has 0 radical (unpaired) electrons. The molecule has 0 atom stereocenters. The van der Waals surface area contributed by atoms with Gasteiger partial charge in [0.25, 0.3) is 5.91 Å². The van der Waals surface area contributed by atoms with E-state index in [1.165, 1.54) is 10.7 Å². The molecule has 168 valence electrons. The first-order valence-corrected chi connectivity index (χ1v) is 9.99. The molecule has 3 rings (SSSR count). The highest BCUT2D eigenvalue weighted by molar-refractivity contribution is 5.96. The van der Waals surface area contributed by atoms with Crippen LogP contribution in [0.2, 0.25) is 0 Å². The van der Waals surface area contributed by atoms with Gasteiger partial charge in [0.2, 0.25) is 0 Å². The van der Waals surface area contributed by atoms with Crippen LogP contribution < -0.4 is 10.1 Å². The van der Waals surface area contributed by atoms with Gasteiger partial charge in [-0.3, -0.25) is 9.59 Å². The van der Waals surface area contributed by atoms with Crippen molar-refractivity contribution in [3.05, 3.63) is 76.6 Å². The standard InChI is InChI=1S/C23H23F2N3O4/c1-14-22(15(2)28(27-14)20-10-7-17(24)12-19(20)25)23(31)26-13-16-5-8-18(9-6-16)32-11-3-4-21(29)30/h5-10,12H,3-4,11,13H2,1-2H3,(H,26,31)(H,29,30). The van der Waals surface area contributed by atoms with Crippen molar-refractivity contribution in [3.8, 4) is 11.4 Å². The minimum Gasteiger partial charge on any atom is -0.494 e. The van der Waals surface area contributed by atoms with Gasteiger partial charge in [0, 0.05) is 19.0 Å². The highest BCUT2D eigenvalue weighted by atomic mass is 19.1. The van der Waals surface area contributed by atoms with Gasteiger partial charge in [0.15, 0.2) is 5.82 Å². The van der Waals surface area contributed by atoms with Crippen molar-refractivity contribution < 1.29 is 28.2 Å². The van der Waals surface area contributed by atoms with E-state index < -0.39 is 17.6 Å². The SMILES string of the molecule is Cc1nn(-c2ccc(F)cc2F)c(C)c1C(=O)NCc1ccc(OCCCC(=O)O)cc1. The minimum absolute atomic E-state index is 0.0489. The van der Waals surface area contributed by atoms with E-state index in [4.69, 9.17) is 9.84 Å². The quantitative estimate of drug-likeness (QED) is 0.489. The van der Waals surface area contributed by atoms with Crippen LogP contribution in [0.5, 0.6) is 5.75 Å². The van der Waals surface area contributed by atoms with Gasteiger partial charge in [-0.1, -0.05) is 12.1 Å². The van der Waals surface area contributed by atoms with Gasteiger partial charge in [-0.05, 0) is 50.1 Å². The zero-order valence-corrected chi connectivity index (χ0v) is 17.7. The molecule has 0 saturated heterocycles. The van der Waals surface area contributed by atoms with E-state index in [1.807, 2.05) is 0 Å². The predicted molar refractivity (Wildman–Crippen MR) is 113 cm³/mol. The minimum atomic E-state index is -0.862. The number of benzene rings is 2. The second-order valence-corrected chi connectivity index (χ2v) is 7.23. The largest absolute Gasteiger partial charge is 0.494 e. The Morgan fingerprint density at radius 2 is 1.84 bits per heavy atom. The lowest BCUT2D eigenvalue weighted by molar-refractivity contribution is -0.137. The average Bonchev–Trinajstić information content (AvgIpc) is 3.04. The molecule has 0 bridgehead atoms. The monoisotopic (exact) mass is 443 g/mol. The molecule has 0 aliphatic heterocycles. The number of aryl methyl sites for hydroxylation is 1. The first-order chi connectivity index (χ1) is 15.3. The molecule has 0 aliphatic rings. The third kappa shape index (κ3) is 5.48. The fourth-order valence-electron chi connectivity index (χ4n) is 3.25. The van der Waals surface area contributed by atoms with E-state index in [0.717, 1.165) is 17.7 Å². The average molecular weight is 443 g/mol. The third-order valence-corrected chi connectivity index (χ3v) is 4.84. The number of rotatable bonds is 9. The second kappa shape index (κ2) is 10.0. The summed E-state index contributed by atoms with van der Waals surface area (Å²) in [7, 11) is 0. The molecule has 0 unspecified atom stereocenters. The van der Waals surface area contributed by atoms with Crippen LogP contribution >= 0.6 is 0 Å². The molecule has 3 aromatic rings. The van der Waals surface area contributed by atoms with E-state index in [2.05, 4.69) is 10.4 Å². The number of carboxylic acids is 1. The number of hydrogen-bond donors (Lipinski definition) is 2. The number of carboxylic acid groups (broad SMARTS) is 1. The number of aromatic nitrogens is 2. The number of hydrogen-bond acceptors (Lipinski definition) is 4. The Labute approximate surface area is 183 Å². The number of carbonyl (C=O) groups excluding carboxylic acids is 1. The number of amides is 1. The van der Waals surface area contributed by atoms with Crippen molar-refractivity contribution in [1.82, 2.24) is 15.1 Å². The van der Waals surface area contributed by atoms with E-state index in [1.54, 1.807) is 38.1 Å². The zero-order valence-electron chi connectivity index (χ0n) is 17.7. The lowest BCUT2D eigenvalue weighted by atomic mass is 10.1. The van der Waals surface area contributed by atoms with E-state index in [0.29, 0.717) is 35.7 Å². The molecular formula is C23H23F2N3O4. The van der Waals surface area contributed by atoms with Crippen LogP contribution in [0.3, 0.4) is 0 Å². The van der Waals surface area contributed by atoms with Crippen molar-refractivity contribution in [2.75, 3.05) is 6.61 Å². The van der Waals surface area contributed by atoms with Gasteiger partial charge in [-0.15, -0.1) is 0 Å². The van der Waals surface area contributed by atoms with Gasteiger partial charge in [-0.2, -0.15) is 5.10 Å². The summed E-state index contributed by atoms with van der Waals surface area (Å²) in [5.74, 6) is -2.07. The molecule has 0 saturated carbocycles. The van der Waals surface area contributed by atoms with Gasteiger partial charge in [0.05, 0.1) is 23.6 Å². The lowest BCUT2D eigenvalue weighted by Crippen LogP contribution is -2.24. The smallest absolute Gasteiger partial charge is 0.303 e. The number of aliphatic carboxylic acids is 1. The van der Waals surface area contributed by atoms with Crippen LogP contribution in [0.25, 0.3) is 5.69 Å². The Morgan fingerprint density at radius 3 is 2.50 bits per heavy atom. The summed E-state index contributed by atoms with van der Waals surface area (Å²) in [6.45, 7) is 3.86.